The number of para-hydroxylation sites is 2. The quantitative estimate of drug-likeness (QED) is 0.591. The number of anilines is 1. The van der Waals surface area contributed by atoms with Crippen molar-refractivity contribution in [2.75, 3.05) is 11.4 Å². The minimum absolute atomic E-state index is 0.0703. The van der Waals surface area contributed by atoms with Crippen LogP contribution in [0.1, 0.15) is 70.5 Å². The average molecular weight is 423 g/mol. The largest absolute Gasteiger partial charge is 0.508 e. The van der Waals surface area contributed by atoms with Gasteiger partial charge in [0.2, 0.25) is 6.10 Å². The number of piperidine rings is 1. The summed E-state index contributed by atoms with van der Waals surface area (Å²) in [6, 6.07) is 15.1. The highest BCUT2D eigenvalue weighted by atomic mass is 16.5. The average Bonchev–Trinajstić information content (AvgIpc) is 2.74. The lowest BCUT2D eigenvalue weighted by molar-refractivity contribution is -0.126. The lowest BCUT2D eigenvalue weighted by atomic mass is 9.84. The maximum atomic E-state index is 13.3. The molecule has 5 nitrogen and oxygen atoms in total. The van der Waals surface area contributed by atoms with E-state index in [4.69, 9.17) is 4.74 Å². The summed E-state index contributed by atoms with van der Waals surface area (Å²) in [6.45, 7) is 5.31. The van der Waals surface area contributed by atoms with Gasteiger partial charge in [-0.05, 0) is 63.8 Å². The molecule has 0 aliphatic carbocycles. The zero-order chi connectivity index (χ0) is 21.8. The molecule has 3 atom stereocenters. The fourth-order valence-electron chi connectivity index (χ4n) is 5.04. The molecule has 0 spiro atoms. The smallest absolute Gasteiger partial charge is 0.272 e. The first-order valence-electron chi connectivity index (χ1n) is 11.6. The predicted octanol–water partition coefficient (Wildman–Crippen LogP) is 5.34. The van der Waals surface area contributed by atoms with Crippen molar-refractivity contribution in [3.63, 3.8) is 0 Å². The highest BCUT2D eigenvalue weighted by Gasteiger charge is 2.35. The van der Waals surface area contributed by atoms with E-state index in [1.165, 1.54) is 25.7 Å². The number of rotatable bonds is 7. The molecule has 0 bridgehead atoms. The second-order valence-corrected chi connectivity index (χ2v) is 9.36. The molecule has 2 aliphatic rings. The SMILES string of the molecule is C[C@H]1CCC[C@@](C)(CCCCCN2C(=O)C(c3cccc(O)c3)Oc3ccccc32)N1. The van der Waals surface area contributed by atoms with Gasteiger partial charge in [-0.3, -0.25) is 4.79 Å². The number of fused-ring (bicyclic) bond motifs is 1. The zero-order valence-corrected chi connectivity index (χ0v) is 18.6. The number of aromatic hydroxyl groups is 1. The van der Waals surface area contributed by atoms with E-state index >= 15 is 0 Å². The molecule has 4 rings (SSSR count). The molecule has 5 heteroatoms. The topological polar surface area (TPSA) is 61.8 Å². The van der Waals surface area contributed by atoms with E-state index in [0.717, 1.165) is 24.9 Å². The van der Waals surface area contributed by atoms with Crippen molar-refractivity contribution >= 4 is 11.6 Å². The fraction of sp³-hybridized carbons (Fsp3) is 0.500. The third kappa shape index (κ3) is 5.04. The van der Waals surface area contributed by atoms with Crippen LogP contribution in [0.4, 0.5) is 5.69 Å². The molecule has 1 fully saturated rings. The molecule has 166 valence electrons. The lowest BCUT2D eigenvalue weighted by Crippen LogP contribution is -2.50. The Balaban J connectivity index is 1.39. The van der Waals surface area contributed by atoms with Crippen molar-refractivity contribution < 1.29 is 14.6 Å². The van der Waals surface area contributed by atoms with Crippen LogP contribution in [0.25, 0.3) is 0 Å². The van der Waals surface area contributed by atoms with Crippen molar-refractivity contribution in [2.45, 2.75) is 76.5 Å². The Labute approximate surface area is 185 Å². The number of phenols is 1. The number of carbonyl (C=O) groups excluding carboxylic acids is 1. The first-order valence-corrected chi connectivity index (χ1v) is 11.6. The van der Waals surface area contributed by atoms with Crippen LogP contribution in [0, 0.1) is 0 Å². The summed E-state index contributed by atoms with van der Waals surface area (Å²) in [7, 11) is 0. The van der Waals surface area contributed by atoms with E-state index in [0.29, 0.717) is 23.9 Å². The van der Waals surface area contributed by atoms with Crippen molar-refractivity contribution in [1.29, 1.82) is 0 Å². The summed E-state index contributed by atoms with van der Waals surface area (Å²) < 4.78 is 6.03. The molecule has 31 heavy (non-hydrogen) atoms. The maximum absolute atomic E-state index is 13.3. The maximum Gasteiger partial charge on any atom is 0.272 e. The summed E-state index contributed by atoms with van der Waals surface area (Å²) in [5.41, 5.74) is 1.76. The molecule has 1 amide bonds. The monoisotopic (exact) mass is 422 g/mol. The molecule has 2 heterocycles. The summed E-state index contributed by atoms with van der Waals surface area (Å²) in [5, 5.41) is 13.6. The van der Waals surface area contributed by atoms with Crippen molar-refractivity contribution in [1.82, 2.24) is 5.32 Å². The predicted molar refractivity (Wildman–Crippen MR) is 124 cm³/mol. The van der Waals surface area contributed by atoms with Crippen LogP contribution in [0.15, 0.2) is 48.5 Å². The first-order chi connectivity index (χ1) is 15.0. The zero-order valence-electron chi connectivity index (χ0n) is 18.6. The summed E-state index contributed by atoms with van der Waals surface area (Å²) in [6.07, 6.45) is 7.48. The first kappa shape index (κ1) is 21.7. The van der Waals surface area contributed by atoms with Crippen LogP contribution < -0.4 is 15.0 Å². The highest BCUT2D eigenvalue weighted by Crippen LogP contribution is 2.39. The molecule has 2 aliphatic heterocycles. The minimum atomic E-state index is -0.728. The number of hydrogen-bond donors (Lipinski definition) is 2. The van der Waals surface area contributed by atoms with Gasteiger partial charge in [0, 0.05) is 23.7 Å². The Hall–Kier alpha value is -2.53. The second-order valence-electron chi connectivity index (χ2n) is 9.36. The fourth-order valence-corrected chi connectivity index (χ4v) is 5.04. The van der Waals surface area contributed by atoms with E-state index < -0.39 is 6.10 Å². The van der Waals surface area contributed by atoms with Gasteiger partial charge >= 0.3 is 0 Å². The van der Waals surface area contributed by atoms with Gasteiger partial charge in [-0.25, -0.2) is 0 Å². The number of unbranched alkanes of at least 4 members (excludes halogenated alkanes) is 2. The molecule has 1 unspecified atom stereocenters. The second kappa shape index (κ2) is 9.31. The van der Waals surface area contributed by atoms with Gasteiger partial charge < -0.3 is 20.1 Å². The van der Waals surface area contributed by atoms with E-state index in [1.807, 2.05) is 35.2 Å². The van der Waals surface area contributed by atoms with Crippen LogP contribution in [0.5, 0.6) is 11.5 Å². The number of amides is 1. The van der Waals surface area contributed by atoms with Crippen LogP contribution in [-0.4, -0.2) is 29.1 Å². The van der Waals surface area contributed by atoms with Crippen molar-refractivity contribution in [3.8, 4) is 11.5 Å². The third-order valence-electron chi connectivity index (χ3n) is 6.63. The van der Waals surface area contributed by atoms with Crippen LogP contribution in [0.3, 0.4) is 0 Å². The number of ether oxygens (including phenoxy) is 1. The van der Waals surface area contributed by atoms with E-state index in [2.05, 4.69) is 19.2 Å². The molecule has 0 aromatic heterocycles. The van der Waals surface area contributed by atoms with Gasteiger partial charge in [0.15, 0.2) is 0 Å². The number of nitrogens with one attached hydrogen (secondary N) is 1. The Morgan fingerprint density at radius 2 is 2.00 bits per heavy atom. The molecule has 2 aromatic rings. The molecule has 1 saturated heterocycles. The standard InChI is InChI=1S/C26H34N2O3/c1-19-10-9-16-26(2,27-19)15-6-3-7-17-28-22-13-4-5-14-23(22)31-24(25(28)30)20-11-8-12-21(29)18-20/h4-5,8,11-14,18-19,24,27,29H,3,6-7,9-10,15-17H2,1-2H3/t19-,24?,26+/m0/s1. The summed E-state index contributed by atoms with van der Waals surface area (Å²) in [4.78, 5) is 15.2. The van der Waals surface area contributed by atoms with Gasteiger partial charge in [0.25, 0.3) is 5.91 Å². The summed E-state index contributed by atoms with van der Waals surface area (Å²) in [5.74, 6) is 0.779. The molecule has 0 radical (unpaired) electrons. The Morgan fingerprint density at radius 1 is 1.16 bits per heavy atom. The molecule has 2 N–H and O–H groups in total. The molecule has 2 aromatic carbocycles. The Morgan fingerprint density at radius 3 is 2.81 bits per heavy atom. The summed E-state index contributed by atoms with van der Waals surface area (Å²) >= 11 is 0. The van der Waals surface area contributed by atoms with Crippen molar-refractivity contribution in [2.24, 2.45) is 0 Å². The van der Waals surface area contributed by atoms with Crippen LogP contribution in [0.2, 0.25) is 0 Å². The normalized spacial score (nSPS) is 25.7. The number of phenolic OH excluding ortho intramolecular Hbond substituents is 1. The van der Waals surface area contributed by atoms with Gasteiger partial charge in [-0.1, -0.05) is 43.5 Å². The number of benzene rings is 2. The number of carbonyl (C=O) groups is 1. The Bertz CT molecular complexity index is 915. The number of hydrogen-bond acceptors (Lipinski definition) is 4. The van der Waals surface area contributed by atoms with E-state index in [-0.39, 0.29) is 17.2 Å². The van der Waals surface area contributed by atoms with Crippen molar-refractivity contribution in [3.05, 3.63) is 54.1 Å². The van der Waals surface area contributed by atoms with E-state index in [9.17, 15) is 9.90 Å². The Kier molecular flexibility index (Phi) is 6.51. The third-order valence-corrected chi connectivity index (χ3v) is 6.63. The minimum Gasteiger partial charge on any atom is -0.508 e. The molecular weight excluding hydrogens is 388 g/mol. The lowest BCUT2D eigenvalue weighted by Gasteiger charge is -2.39. The van der Waals surface area contributed by atoms with Gasteiger partial charge in [0.05, 0.1) is 5.69 Å². The van der Waals surface area contributed by atoms with Crippen LogP contribution in [-0.2, 0) is 4.79 Å². The molecule has 0 saturated carbocycles. The number of nitrogens with zero attached hydrogens (tertiary/aromatic N) is 1. The van der Waals surface area contributed by atoms with Gasteiger partial charge in [0.1, 0.15) is 11.5 Å². The van der Waals surface area contributed by atoms with Gasteiger partial charge in [-0.2, -0.15) is 0 Å². The molecular formula is C26H34N2O3. The van der Waals surface area contributed by atoms with E-state index in [1.54, 1.807) is 18.2 Å². The van der Waals surface area contributed by atoms with Crippen LogP contribution >= 0.6 is 0 Å². The van der Waals surface area contributed by atoms with Gasteiger partial charge in [-0.15, -0.1) is 0 Å². The highest BCUT2D eigenvalue weighted by molar-refractivity contribution is 6.00.